The van der Waals surface area contributed by atoms with E-state index in [4.69, 9.17) is 32.7 Å². The Morgan fingerprint density at radius 1 is 0.615 bits per heavy atom. The molecule has 0 spiro atoms. The van der Waals surface area contributed by atoms with Crippen LogP contribution in [0.1, 0.15) is 47.9 Å². The number of carbonyl (C=O) groups excluding carboxylic acids is 2. The summed E-state index contributed by atoms with van der Waals surface area (Å²) in [5.41, 5.74) is -4.03. The molecule has 0 radical (unpaired) electrons. The summed E-state index contributed by atoms with van der Waals surface area (Å²) < 4.78 is 103. The Labute approximate surface area is 383 Å². The number of para-hydroxylation sites is 2. The molecule has 0 saturated carbocycles. The molecule has 4 aromatic rings. The van der Waals surface area contributed by atoms with Gasteiger partial charge in [0, 0.05) is 59.2 Å². The van der Waals surface area contributed by atoms with E-state index in [0.717, 1.165) is 24.3 Å². The van der Waals surface area contributed by atoms with Gasteiger partial charge in [-0.05, 0) is 84.4 Å². The second kappa shape index (κ2) is 20.3. The summed E-state index contributed by atoms with van der Waals surface area (Å²) in [6.45, 7) is 0.213. The molecular weight excluding hydrogens is 925 g/mol. The number of carboxylic acid groups (broad SMARTS) is 2. The summed E-state index contributed by atoms with van der Waals surface area (Å²) in [6, 6.07) is 14.5. The molecule has 2 N–H and O–H groups in total. The number of ether oxygens (including phenoxy) is 2. The van der Waals surface area contributed by atoms with Crippen molar-refractivity contribution in [3.8, 4) is 33.8 Å². The van der Waals surface area contributed by atoms with Crippen molar-refractivity contribution in [3.05, 3.63) is 105 Å². The van der Waals surface area contributed by atoms with Crippen LogP contribution >= 0.6 is 35.0 Å². The summed E-state index contributed by atoms with van der Waals surface area (Å²) in [5, 5.41) is 16.9. The lowest BCUT2D eigenvalue weighted by Gasteiger charge is -2.29. The maximum absolute atomic E-state index is 15.4. The van der Waals surface area contributed by atoms with Crippen molar-refractivity contribution < 1.29 is 65.2 Å². The molecule has 0 atom stereocenters. The first-order chi connectivity index (χ1) is 30.7. The molecule has 10 nitrogen and oxygen atoms in total. The minimum Gasteiger partial charge on any atom is -0.496 e. The van der Waals surface area contributed by atoms with Crippen molar-refractivity contribution in [1.29, 1.82) is 0 Å². The van der Waals surface area contributed by atoms with Gasteiger partial charge < -0.3 is 29.5 Å². The molecular formula is C46H40Cl2F6N2O8S. The second-order valence-corrected chi connectivity index (χ2v) is 16.9. The number of nitrogens with zero attached hydrogens (tertiary/aromatic N) is 2. The summed E-state index contributed by atoms with van der Waals surface area (Å²) >= 11 is 13.8. The summed E-state index contributed by atoms with van der Waals surface area (Å²) in [5.74, 6) is -4.53. The number of rotatable bonds is 12. The van der Waals surface area contributed by atoms with E-state index in [1.54, 1.807) is 12.1 Å². The first kappa shape index (κ1) is 48.8. The number of alkyl halides is 6. The van der Waals surface area contributed by atoms with Gasteiger partial charge in [0.15, 0.2) is 0 Å². The Bertz CT molecular complexity index is 2380. The van der Waals surface area contributed by atoms with E-state index in [-0.39, 0.29) is 95.4 Å². The zero-order valence-electron chi connectivity index (χ0n) is 34.6. The Morgan fingerprint density at radius 3 is 1.26 bits per heavy atom. The van der Waals surface area contributed by atoms with E-state index >= 15 is 26.3 Å². The molecule has 2 aliphatic rings. The first-order valence-corrected chi connectivity index (χ1v) is 21.5. The molecule has 344 valence electrons. The Hall–Kier alpha value is -5.65. The predicted octanol–water partition coefficient (Wildman–Crippen LogP) is 11.2. The van der Waals surface area contributed by atoms with Crippen LogP contribution in [0, 0.1) is 11.8 Å². The number of carbonyl (C=O) groups is 4. The van der Waals surface area contributed by atoms with Gasteiger partial charge in [-0.1, -0.05) is 71.4 Å². The maximum Gasteiger partial charge on any atom is 0.418 e. The Morgan fingerprint density at radius 2 is 0.954 bits per heavy atom. The molecule has 19 heteroatoms. The van der Waals surface area contributed by atoms with E-state index in [0.29, 0.717) is 11.8 Å². The highest BCUT2D eigenvalue weighted by Crippen LogP contribution is 2.53. The number of likely N-dealkylation sites (tertiary alicyclic amines) is 2. The van der Waals surface area contributed by atoms with Gasteiger partial charge in [-0.2, -0.15) is 26.3 Å². The van der Waals surface area contributed by atoms with Crippen LogP contribution < -0.4 is 9.47 Å². The van der Waals surface area contributed by atoms with Crippen LogP contribution in [-0.4, -0.2) is 84.2 Å². The predicted molar refractivity (Wildman–Crippen MR) is 233 cm³/mol. The molecule has 0 aromatic heterocycles. The fraction of sp³-hybridized carbons (Fsp3) is 0.304. The second-order valence-electron chi connectivity index (χ2n) is 15.1. The molecule has 0 aliphatic carbocycles. The number of carboxylic acids is 2. The molecule has 4 aromatic carbocycles. The average Bonchev–Trinajstić information content (AvgIpc) is 3.27. The van der Waals surface area contributed by atoms with Crippen LogP contribution in [0.25, 0.3) is 34.4 Å². The molecule has 0 bridgehead atoms. The number of amides is 2. The SMILES string of the molecule is COc1ccccc1-c1cc(Sc2cc(-c3ccccc3OC)c(C=CC(=O)N3CCC(C(=O)O)CC3)c(C(F)(F)F)c2Cl)c(Cl)c(C(F)(F)F)c1C=CC(=O)N1CCC(C(=O)O)CC1. The highest BCUT2D eigenvalue weighted by Gasteiger charge is 2.41. The summed E-state index contributed by atoms with van der Waals surface area (Å²) in [4.78, 5) is 51.5. The number of benzene rings is 4. The molecule has 2 fully saturated rings. The minimum absolute atomic E-state index is 0.0534. The lowest BCUT2D eigenvalue weighted by atomic mass is 9.93. The third kappa shape index (κ3) is 10.9. The van der Waals surface area contributed by atoms with E-state index in [1.165, 1.54) is 72.6 Å². The Kier molecular flexibility index (Phi) is 15.2. The Balaban J connectivity index is 1.53. The van der Waals surface area contributed by atoms with Gasteiger partial charge in [-0.3, -0.25) is 19.2 Å². The third-order valence-corrected chi connectivity index (χ3v) is 13.3. The van der Waals surface area contributed by atoms with Crippen LogP contribution in [0.5, 0.6) is 11.5 Å². The van der Waals surface area contributed by atoms with Crippen LogP contribution in [0.3, 0.4) is 0 Å². The van der Waals surface area contributed by atoms with Gasteiger partial charge in [0.05, 0.1) is 47.2 Å². The summed E-state index contributed by atoms with van der Waals surface area (Å²) in [7, 11) is 2.58. The number of hydrogen-bond acceptors (Lipinski definition) is 7. The van der Waals surface area contributed by atoms with E-state index in [2.05, 4.69) is 0 Å². The van der Waals surface area contributed by atoms with Gasteiger partial charge >= 0.3 is 24.3 Å². The number of methoxy groups -OCH3 is 2. The fourth-order valence-corrected chi connectivity index (χ4v) is 9.59. The largest absolute Gasteiger partial charge is 0.496 e. The topological polar surface area (TPSA) is 134 Å². The summed E-state index contributed by atoms with van der Waals surface area (Å²) in [6.07, 6.45) is -6.08. The van der Waals surface area contributed by atoms with Crippen molar-refractivity contribution in [2.75, 3.05) is 40.4 Å². The zero-order valence-corrected chi connectivity index (χ0v) is 36.9. The van der Waals surface area contributed by atoms with Gasteiger partial charge in [0.25, 0.3) is 0 Å². The van der Waals surface area contributed by atoms with Gasteiger partial charge in [0.1, 0.15) is 11.5 Å². The van der Waals surface area contributed by atoms with Crippen molar-refractivity contribution in [1.82, 2.24) is 9.80 Å². The molecule has 2 saturated heterocycles. The maximum atomic E-state index is 15.4. The number of aliphatic carboxylic acids is 2. The van der Waals surface area contributed by atoms with E-state index in [1.807, 2.05) is 0 Å². The van der Waals surface area contributed by atoms with Crippen LogP contribution in [0.15, 0.2) is 82.6 Å². The molecule has 2 aliphatic heterocycles. The fourth-order valence-electron chi connectivity index (χ4n) is 7.86. The lowest BCUT2D eigenvalue weighted by molar-refractivity contribution is -0.145. The lowest BCUT2D eigenvalue weighted by Crippen LogP contribution is -2.39. The molecule has 2 amide bonds. The van der Waals surface area contributed by atoms with Gasteiger partial charge in [0.2, 0.25) is 11.8 Å². The van der Waals surface area contributed by atoms with Crippen molar-refractivity contribution >= 4 is 70.9 Å². The van der Waals surface area contributed by atoms with Crippen molar-refractivity contribution in [3.63, 3.8) is 0 Å². The van der Waals surface area contributed by atoms with Gasteiger partial charge in [-0.15, -0.1) is 0 Å². The standard InChI is InChI=1S/C46H40Cl2F6N2O8S/c1-63-33-9-5-3-7-27(33)31-23-35(41(47)39(45(49,50)51)29(31)11-13-37(57)55-19-15-25(16-20-55)43(59)60)65-36-24-32(28-8-4-6-10-34(28)64-2)30(40(42(36)48)46(52,53)54)12-14-38(58)56-21-17-26(18-22-56)44(61)62/h3-14,23-26H,15-22H2,1-2H3,(H,59,60)(H,61,62). The zero-order chi connectivity index (χ0) is 47.4. The van der Waals surface area contributed by atoms with Crippen molar-refractivity contribution in [2.45, 2.75) is 47.8 Å². The monoisotopic (exact) mass is 964 g/mol. The molecule has 6 rings (SSSR count). The highest BCUT2D eigenvalue weighted by atomic mass is 35.5. The average molecular weight is 966 g/mol. The van der Waals surface area contributed by atoms with Gasteiger partial charge in [-0.25, -0.2) is 0 Å². The van der Waals surface area contributed by atoms with Crippen LogP contribution in [0.4, 0.5) is 26.3 Å². The van der Waals surface area contributed by atoms with Crippen molar-refractivity contribution in [2.24, 2.45) is 11.8 Å². The third-order valence-electron chi connectivity index (χ3n) is 11.2. The quantitative estimate of drug-likeness (QED) is 0.105. The smallest absolute Gasteiger partial charge is 0.418 e. The number of piperidine rings is 2. The molecule has 0 unspecified atom stereocenters. The first-order valence-electron chi connectivity index (χ1n) is 20.0. The normalized spacial score (nSPS) is 15.5. The van der Waals surface area contributed by atoms with E-state index < -0.39 is 80.2 Å². The van der Waals surface area contributed by atoms with Crippen LogP contribution in [0.2, 0.25) is 10.0 Å². The number of halogens is 8. The molecule has 65 heavy (non-hydrogen) atoms. The molecule has 2 heterocycles. The van der Waals surface area contributed by atoms with E-state index in [9.17, 15) is 29.4 Å². The number of hydrogen-bond donors (Lipinski definition) is 2. The highest BCUT2D eigenvalue weighted by molar-refractivity contribution is 7.99. The minimum atomic E-state index is -5.21. The van der Waals surface area contributed by atoms with Crippen LogP contribution in [-0.2, 0) is 31.5 Å².